The number of hydrogen-bond donors (Lipinski definition) is 2. The summed E-state index contributed by atoms with van der Waals surface area (Å²) in [5.41, 5.74) is 11.3. The van der Waals surface area contributed by atoms with Crippen molar-refractivity contribution in [2.24, 2.45) is 0 Å². The van der Waals surface area contributed by atoms with Gasteiger partial charge in [-0.15, -0.1) is 0 Å². The Morgan fingerprint density at radius 3 is 1.45 bits per heavy atom. The highest BCUT2D eigenvalue weighted by Crippen LogP contribution is 2.37. The van der Waals surface area contributed by atoms with Crippen molar-refractivity contribution >= 4 is 22.7 Å². The molecule has 6 rings (SSSR count). The SMILES string of the molecule is C.CO.COc1cc(N2CCC(N3CCCCC3)CC2)c(C)cc1N.COc1cc(N2CCC(N3CCCCC3)CC2)c(C)cc1[N+](=O)[O-]. The number of benzene rings is 2. The van der Waals surface area contributed by atoms with Crippen LogP contribution in [-0.2, 0) is 0 Å². The molecule has 0 aromatic heterocycles. The third-order valence-corrected chi connectivity index (χ3v) is 10.7. The van der Waals surface area contributed by atoms with Crippen LogP contribution >= 0.6 is 0 Å². The molecule has 0 spiro atoms. The molecule has 4 saturated heterocycles. The second-order valence-corrected chi connectivity index (χ2v) is 13.6. The Hall–Kier alpha value is -3.28. The fourth-order valence-electron chi connectivity index (χ4n) is 8.04. The van der Waals surface area contributed by atoms with Gasteiger partial charge >= 0.3 is 5.69 Å². The van der Waals surface area contributed by atoms with Gasteiger partial charge in [-0.25, -0.2) is 0 Å². The summed E-state index contributed by atoms with van der Waals surface area (Å²) in [6.45, 7) is 13.5. The van der Waals surface area contributed by atoms with Crippen molar-refractivity contribution in [3.63, 3.8) is 0 Å². The highest BCUT2D eigenvalue weighted by molar-refractivity contribution is 5.67. The van der Waals surface area contributed by atoms with Crippen molar-refractivity contribution in [2.75, 3.05) is 89.2 Å². The molecule has 11 nitrogen and oxygen atoms in total. The monoisotopic (exact) mass is 684 g/mol. The molecule has 49 heavy (non-hydrogen) atoms. The summed E-state index contributed by atoms with van der Waals surface area (Å²) < 4.78 is 10.6. The van der Waals surface area contributed by atoms with Gasteiger partial charge in [0.2, 0.25) is 0 Å². The number of rotatable bonds is 7. The third kappa shape index (κ3) is 10.4. The highest BCUT2D eigenvalue weighted by atomic mass is 16.6. The lowest BCUT2D eigenvalue weighted by molar-refractivity contribution is -0.385. The van der Waals surface area contributed by atoms with E-state index < -0.39 is 0 Å². The molecule has 2 aromatic carbocycles. The van der Waals surface area contributed by atoms with Crippen molar-refractivity contribution in [1.82, 2.24) is 9.80 Å². The number of likely N-dealkylation sites (tertiary alicyclic amines) is 2. The lowest BCUT2D eigenvalue weighted by Gasteiger charge is -2.41. The van der Waals surface area contributed by atoms with Gasteiger partial charge in [-0.1, -0.05) is 20.3 Å². The van der Waals surface area contributed by atoms with E-state index in [-0.39, 0.29) is 18.0 Å². The van der Waals surface area contributed by atoms with Crippen molar-refractivity contribution < 1.29 is 19.5 Å². The summed E-state index contributed by atoms with van der Waals surface area (Å²) in [5, 5.41) is 18.1. The number of methoxy groups -OCH3 is 2. The summed E-state index contributed by atoms with van der Waals surface area (Å²) in [5.74, 6) is 1.14. The molecule has 2 aromatic rings. The van der Waals surface area contributed by atoms with Crippen LogP contribution in [0.1, 0.15) is 82.8 Å². The highest BCUT2D eigenvalue weighted by Gasteiger charge is 2.29. The molecule has 276 valence electrons. The minimum atomic E-state index is -0.377. The molecule has 0 radical (unpaired) electrons. The fourth-order valence-corrected chi connectivity index (χ4v) is 8.04. The standard InChI is InChI=1S/C18H27N3O3.C18H29N3O.CH4O.CH4/c1-14-12-17(21(22)23)18(24-2)13-16(14)20-10-6-15(7-11-20)19-8-4-3-5-9-19;1-14-12-16(19)18(22-2)13-17(14)21-10-6-15(7-11-21)20-8-4-3-5-9-20;1-2;/h12-13,15H,3-11H2,1-2H3;12-13,15H,3-11,19H2,1-2H3;2H,1H3;1H4. The van der Waals surface area contributed by atoms with Gasteiger partial charge in [0.15, 0.2) is 5.75 Å². The summed E-state index contributed by atoms with van der Waals surface area (Å²) in [7, 11) is 4.18. The molecular weight excluding hydrogens is 620 g/mol. The number of nitrogens with zero attached hydrogens (tertiary/aromatic N) is 5. The maximum atomic E-state index is 11.1. The second kappa shape index (κ2) is 19.8. The zero-order valence-electron chi connectivity index (χ0n) is 30.1. The smallest absolute Gasteiger partial charge is 0.311 e. The molecule has 3 N–H and O–H groups in total. The zero-order valence-corrected chi connectivity index (χ0v) is 30.1. The third-order valence-electron chi connectivity index (χ3n) is 10.7. The topological polar surface area (TPSA) is 121 Å². The average Bonchev–Trinajstić information content (AvgIpc) is 3.13. The van der Waals surface area contributed by atoms with Crippen LogP contribution in [0, 0.1) is 24.0 Å². The lowest BCUT2D eigenvalue weighted by Crippen LogP contribution is -2.46. The Labute approximate surface area is 295 Å². The van der Waals surface area contributed by atoms with E-state index >= 15 is 0 Å². The predicted octanol–water partition coefficient (Wildman–Crippen LogP) is 6.65. The first-order valence-electron chi connectivity index (χ1n) is 18.0. The minimum Gasteiger partial charge on any atom is -0.495 e. The molecule has 0 amide bonds. The van der Waals surface area contributed by atoms with Crippen LogP contribution in [0.2, 0.25) is 0 Å². The van der Waals surface area contributed by atoms with Crippen LogP contribution in [0.3, 0.4) is 0 Å². The first-order valence-corrected chi connectivity index (χ1v) is 18.0. The molecule has 4 heterocycles. The van der Waals surface area contributed by atoms with Gasteiger partial charge < -0.3 is 39.9 Å². The number of nitro benzene ring substituents is 1. The quantitative estimate of drug-likeness (QED) is 0.186. The second-order valence-electron chi connectivity index (χ2n) is 13.6. The molecule has 4 fully saturated rings. The number of anilines is 3. The molecule has 4 aliphatic heterocycles. The van der Waals surface area contributed by atoms with Gasteiger partial charge in [0.05, 0.1) is 24.8 Å². The number of hydrogen-bond acceptors (Lipinski definition) is 10. The Kier molecular flexibility index (Phi) is 16.2. The molecule has 0 saturated carbocycles. The Balaban J connectivity index is 0.000000249. The van der Waals surface area contributed by atoms with E-state index in [1.807, 2.05) is 19.1 Å². The van der Waals surface area contributed by atoms with E-state index in [1.165, 1.54) is 109 Å². The van der Waals surface area contributed by atoms with E-state index in [0.29, 0.717) is 11.8 Å². The van der Waals surface area contributed by atoms with Crippen LogP contribution in [0.15, 0.2) is 24.3 Å². The van der Waals surface area contributed by atoms with Crippen LogP contribution in [0.25, 0.3) is 0 Å². The number of nitro groups is 1. The molecule has 11 heteroatoms. The van der Waals surface area contributed by atoms with E-state index in [4.69, 9.17) is 20.3 Å². The molecule has 4 aliphatic rings. The first-order chi connectivity index (χ1) is 23.3. The number of aliphatic hydroxyl groups is 1. The number of nitrogen functional groups attached to an aromatic ring is 1. The van der Waals surface area contributed by atoms with Crippen molar-refractivity contribution in [2.45, 2.75) is 97.6 Å². The first kappa shape index (κ1) is 40.2. The summed E-state index contributed by atoms with van der Waals surface area (Å²) in [6, 6.07) is 9.07. The summed E-state index contributed by atoms with van der Waals surface area (Å²) >= 11 is 0. The van der Waals surface area contributed by atoms with Gasteiger partial charge in [-0.3, -0.25) is 10.1 Å². The van der Waals surface area contributed by atoms with Crippen LogP contribution in [0.4, 0.5) is 22.7 Å². The number of aryl methyl sites for hydroxylation is 2. The molecule has 0 aliphatic carbocycles. The zero-order chi connectivity index (χ0) is 34.6. The maximum Gasteiger partial charge on any atom is 0.311 e. The van der Waals surface area contributed by atoms with Gasteiger partial charge in [-0.2, -0.15) is 0 Å². The van der Waals surface area contributed by atoms with E-state index in [9.17, 15) is 10.1 Å². The molecule has 0 unspecified atom stereocenters. The van der Waals surface area contributed by atoms with Crippen LogP contribution < -0.4 is 25.0 Å². The Morgan fingerprint density at radius 1 is 0.673 bits per heavy atom. The van der Waals surface area contributed by atoms with E-state index in [2.05, 4.69) is 32.6 Å². The largest absolute Gasteiger partial charge is 0.495 e. The Morgan fingerprint density at radius 2 is 1.06 bits per heavy atom. The van der Waals surface area contributed by atoms with E-state index in [0.717, 1.165) is 62.0 Å². The minimum absolute atomic E-state index is 0. The number of aliphatic hydroxyl groups excluding tert-OH is 1. The number of piperidine rings is 4. The maximum absolute atomic E-state index is 11.1. The predicted molar refractivity (Wildman–Crippen MR) is 203 cm³/mol. The number of ether oxygens (including phenoxy) is 2. The van der Waals surface area contributed by atoms with Crippen LogP contribution in [-0.4, -0.2) is 106 Å². The summed E-state index contributed by atoms with van der Waals surface area (Å²) in [6.07, 6.45) is 13.1. The van der Waals surface area contributed by atoms with Crippen molar-refractivity contribution in [1.29, 1.82) is 0 Å². The van der Waals surface area contributed by atoms with Crippen molar-refractivity contribution in [3.05, 3.63) is 45.5 Å². The van der Waals surface area contributed by atoms with Gasteiger partial charge in [0, 0.05) is 74.9 Å². The van der Waals surface area contributed by atoms with Gasteiger partial charge in [-0.05, 0) is 109 Å². The van der Waals surface area contributed by atoms with Gasteiger partial charge in [0.25, 0.3) is 0 Å². The number of nitrogens with two attached hydrogens (primary N) is 1. The van der Waals surface area contributed by atoms with Crippen molar-refractivity contribution in [3.8, 4) is 11.5 Å². The lowest BCUT2D eigenvalue weighted by atomic mass is 9.99. The average molecular weight is 685 g/mol. The molecular formula is C38H64N6O5. The normalized spacial score (nSPS) is 19.5. The van der Waals surface area contributed by atoms with Gasteiger partial charge in [0.1, 0.15) is 5.75 Å². The molecule has 0 bridgehead atoms. The van der Waals surface area contributed by atoms with Crippen LogP contribution in [0.5, 0.6) is 11.5 Å². The van der Waals surface area contributed by atoms with E-state index in [1.54, 1.807) is 13.2 Å². The Bertz CT molecular complexity index is 1300. The summed E-state index contributed by atoms with van der Waals surface area (Å²) in [4.78, 5) is 21.0. The molecule has 0 atom stereocenters. The fraction of sp³-hybridized carbons (Fsp3) is 0.684.